The number of carbonyl (C=O) groups is 1. The molecule has 4 nitrogen and oxygen atoms in total. The van der Waals surface area contributed by atoms with E-state index in [0.29, 0.717) is 29.1 Å². The Hall–Kier alpha value is -0.970. The van der Waals surface area contributed by atoms with Crippen molar-refractivity contribution in [1.82, 2.24) is 10.2 Å². The van der Waals surface area contributed by atoms with Gasteiger partial charge in [0.05, 0.1) is 6.10 Å². The summed E-state index contributed by atoms with van der Waals surface area (Å²) >= 11 is 12.4. The van der Waals surface area contributed by atoms with E-state index >= 15 is 0 Å². The van der Waals surface area contributed by atoms with E-state index < -0.39 is 0 Å². The number of benzene rings is 1. The SMILES string of the molecule is CC(CNC(=O)N(C)CC1CC(O)C1)c1c(Cl)cccc1Cl. The molecule has 0 radical (unpaired) electrons. The van der Waals surface area contributed by atoms with Crippen LogP contribution in [0.15, 0.2) is 18.2 Å². The first kappa shape index (κ1) is 17.4. The average Bonchev–Trinajstić information content (AvgIpc) is 2.42. The zero-order valence-corrected chi connectivity index (χ0v) is 14.4. The number of nitrogens with one attached hydrogen (secondary N) is 1. The summed E-state index contributed by atoms with van der Waals surface area (Å²) in [4.78, 5) is 13.8. The van der Waals surface area contributed by atoms with Gasteiger partial charge in [0.25, 0.3) is 0 Å². The summed E-state index contributed by atoms with van der Waals surface area (Å²) in [6.07, 6.45) is 1.37. The van der Waals surface area contributed by atoms with Crippen molar-refractivity contribution in [3.05, 3.63) is 33.8 Å². The molecule has 0 spiro atoms. The second-order valence-electron chi connectivity index (χ2n) is 6.09. The fraction of sp³-hybridized carbons (Fsp3) is 0.562. The van der Waals surface area contributed by atoms with Crippen LogP contribution in [0.1, 0.15) is 31.2 Å². The third-order valence-electron chi connectivity index (χ3n) is 4.14. The van der Waals surface area contributed by atoms with Gasteiger partial charge in [-0.15, -0.1) is 0 Å². The number of urea groups is 1. The molecule has 6 heteroatoms. The summed E-state index contributed by atoms with van der Waals surface area (Å²) in [6, 6.07) is 5.29. The smallest absolute Gasteiger partial charge is 0.317 e. The standard InChI is InChI=1S/C16H22Cl2N2O2/c1-10(15-13(17)4-3-5-14(15)18)8-19-16(22)20(2)9-11-6-12(21)7-11/h3-5,10-12,21H,6-9H2,1-2H3,(H,19,22). The molecule has 1 aromatic rings. The van der Waals surface area contributed by atoms with Gasteiger partial charge in [0.1, 0.15) is 0 Å². The summed E-state index contributed by atoms with van der Waals surface area (Å²) < 4.78 is 0. The Kier molecular flexibility index (Phi) is 5.95. The van der Waals surface area contributed by atoms with Crippen LogP contribution in [0, 0.1) is 5.92 Å². The fourth-order valence-electron chi connectivity index (χ4n) is 2.78. The molecule has 22 heavy (non-hydrogen) atoms. The van der Waals surface area contributed by atoms with E-state index in [4.69, 9.17) is 23.2 Å². The van der Waals surface area contributed by atoms with E-state index in [-0.39, 0.29) is 18.1 Å². The van der Waals surface area contributed by atoms with Gasteiger partial charge in [0.2, 0.25) is 0 Å². The molecule has 2 amide bonds. The van der Waals surface area contributed by atoms with E-state index in [1.54, 1.807) is 30.1 Å². The maximum Gasteiger partial charge on any atom is 0.317 e. The Morgan fingerprint density at radius 2 is 2.00 bits per heavy atom. The number of hydrogen-bond acceptors (Lipinski definition) is 2. The monoisotopic (exact) mass is 344 g/mol. The van der Waals surface area contributed by atoms with Crippen LogP contribution in [0.5, 0.6) is 0 Å². The van der Waals surface area contributed by atoms with Gasteiger partial charge in [0, 0.05) is 36.1 Å². The molecule has 0 aromatic heterocycles. The van der Waals surface area contributed by atoms with Gasteiger partial charge in [-0.1, -0.05) is 36.2 Å². The minimum Gasteiger partial charge on any atom is -0.393 e. The Labute approximate surface area is 141 Å². The van der Waals surface area contributed by atoms with Gasteiger partial charge in [-0.25, -0.2) is 4.79 Å². The lowest BCUT2D eigenvalue weighted by Crippen LogP contribution is -2.44. The van der Waals surface area contributed by atoms with Crippen LogP contribution in [-0.4, -0.2) is 42.3 Å². The molecule has 0 saturated heterocycles. The van der Waals surface area contributed by atoms with Crippen molar-refractivity contribution in [3.63, 3.8) is 0 Å². The van der Waals surface area contributed by atoms with Crippen molar-refractivity contribution >= 4 is 29.2 Å². The van der Waals surface area contributed by atoms with Crippen molar-refractivity contribution in [1.29, 1.82) is 0 Å². The van der Waals surface area contributed by atoms with Crippen molar-refractivity contribution in [2.45, 2.75) is 31.8 Å². The molecule has 122 valence electrons. The van der Waals surface area contributed by atoms with Crippen LogP contribution in [-0.2, 0) is 0 Å². The largest absolute Gasteiger partial charge is 0.393 e. The summed E-state index contributed by atoms with van der Waals surface area (Å²) in [6.45, 7) is 3.12. The number of hydrogen-bond donors (Lipinski definition) is 2. The van der Waals surface area contributed by atoms with E-state index in [0.717, 1.165) is 18.4 Å². The van der Waals surface area contributed by atoms with Crippen LogP contribution in [0.4, 0.5) is 4.79 Å². The molecule has 0 aliphatic heterocycles. The van der Waals surface area contributed by atoms with Crippen molar-refractivity contribution in [2.24, 2.45) is 5.92 Å². The molecular weight excluding hydrogens is 323 g/mol. The number of nitrogens with zero attached hydrogens (tertiary/aromatic N) is 1. The Bertz CT molecular complexity index is 513. The molecule has 1 aliphatic carbocycles. The van der Waals surface area contributed by atoms with E-state index in [9.17, 15) is 9.90 Å². The first-order valence-corrected chi connectivity index (χ1v) is 8.25. The molecule has 1 unspecified atom stereocenters. The topological polar surface area (TPSA) is 52.6 Å². The predicted molar refractivity (Wildman–Crippen MR) is 89.6 cm³/mol. The Balaban J connectivity index is 1.82. The number of amides is 2. The van der Waals surface area contributed by atoms with Crippen molar-refractivity contribution < 1.29 is 9.90 Å². The van der Waals surface area contributed by atoms with Crippen molar-refractivity contribution in [3.8, 4) is 0 Å². The Morgan fingerprint density at radius 3 is 2.55 bits per heavy atom. The lowest BCUT2D eigenvalue weighted by Gasteiger charge is -2.34. The van der Waals surface area contributed by atoms with Crippen LogP contribution >= 0.6 is 23.2 Å². The number of aliphatic hydroxyl groups excluding tert-OH is 1. The summed E-state index contributed by atoms with van der Waals surface area (Å²) in [5.74, 6) is 0.435. The molecule has 0 heterocycles. The highest BCUT2D eigenvalue weighted by Gasteiger charge is 2.29. The van der Waals surface area contributed by atoms with Crippen LogP contribution in [0.2, 0.25) is 10.0 Å². The van der Waals surface area contributed by atoms with Crippen LogP contribution in [0.25, 0.3) is 0 Å². The third kappa shape index (κ3) is 4.28. The maximum absolute atomic E-state index is 12.1. The summed E-state index contributed by atoms with van der Waals surface area (Å²) in [5.41, 5.74) is 0.857. The highest BCUT2D eigenvalue weighted by atomic mass is 35.5. The summed E-state index contributed by atoms with van der Waals surface area (Å²) in [7, 11) is 1.77. The van der Waals surface area contributed by atoms with Gasteiger partial charge in [0.15, 0.2) is 0 Å². The lowest BCUT2D eigenvalue weighted by atomic mass is 9.82. The fourth-order valence-corrected chi connectivity index (χ4v) is 3.55. The zero-order chi connectivity index (χ0) is 16.3. The van der Waals surface area contributed by atoms with Gasteiger partial charge < -0.3 is 15.3 Å². The van der Waals surface area contributed by atoms with E-state index in [1.807, 2.05) is 6.92 Å². The number of aliphatic hydroxyl groups is 1. The molecular formula is C16H22Cl2N2O2. The summed E-state index contributed by atoms with van der Waals surface area (Å²) in [5, 5.41) is 13.4. The molecule has 1 saturated carbocycles. The zero-order valence-electron chi connectivity index (χ0n) is 12.9. The quantitative estimate of drug-likeness (QED) is 0.858. The van der Waals surface area contributed by atoms with Crippen molar-refractivity contribution in [2.75, 3.05) is 20.1 Å². The van der Waals surface area contributed by atoms with E-state index in [1.165, 1.54) is 0 Å². The normalized spacial score (nSPS) is 21.9. The van der Waals surface area contributed by atoms with Crippen LogP contribution < -0.4 is 5.32 Å². The van der Waals surface area contributed by atoms with E-state index in [2.05, 4.69) is 5.32 Å². The second kappa shape index (κ2) is 7.53. The second-order valence-corrected chi connectivity index (χ2v) is 6.91. The van der Waals surface area contributed by atoms with Crippen LogP contribution in [0.3, 0.4) is 0 Å². The van der Waals surface area contributed by atoms with Gasteiger partial charge in [-0.2, -0.15) is 0 Å². The number of halogens is 2. The maximum atomic E-state index is 12.1. The highest BCUT2D eigenvalue weighted by molar-refractivity contribution is 6.36. The minimum absolute atomic E-state index is 0.0316. The predicted octanol–water partition coefficient (Wildman–Crippen LogP) is 3.51. The highest BCUT2D eigenvalue weighted by Crippen LogP contribution is 2.31. The Morgan fingerprint density at radius 1 is 1.41 bits per heavy atom. The van der Waals surface area contributed by atoms with Gasteiger partial charge in [-0.05, 0) is 36.5 Å². The number of carbonyl (C=O) groups excluding carboxylic acids is 1. The third-order valence-corrected chi connectivity index (χ3v) is 4.80. The first-order valence-electron chi connectivity index (χ1n) is 7.49. The molecule has 2 rings (SSSR count). The lowest BCUT2D eigenvalue weighted by molar-refractivity contribution is 0.0325. The first-order chi connectivity index (χ1) is 10.4. The molecule has 1 atom stereocenters. The number of rotatable bonds is 5. The molecule has 0 bridgehead atoms. The molecule has 1 aliphatic rings. The van der Waals surface area contributed by atoms with Gasteiger partial charge >= 0.3 is 6.03 Å². The molecule has 1 aromatic carbocycles. The minimum atomic E-state index is -0.191. The van der Waals surface area contributed by atoms with Gasteiger partial charge in [-0.3, -0.25) is 0 Å². The average molecular weight is 345 g/mol. The molecule has 2 N–H and O–H groups in total. The molecule has 1 fully saturated rings.